The van der Waals surface area contributed by atoms with E-state index in [0.29, 0.717) is 13.0 Å². The van der Waals surface area contributed by atoms with Crippen LogP contribution in [0.15, 0.2) is 30.3 Å². The van der Waals surface area contributed by atoms with Crippen LogP contribution in [0.2, 0.25) is 0 Å². The van der Waals surface area contributed by atoms with Crippen LogP contribution in [0.1, 0.15) is 18.4 Å². The Labute approximate surface area is 95.1 Å². The lowest BCUT2D eigenvalue weighted by molar-refractivity contribution is -0.139. The molecule has 0 bridgehead atoms. The molecular formula is C13H15NO2. The number of hydrogen-bond donors (Lipinski definition) is 0. The lowest BCUT2D eigenvalue weighted by Gasteiger charge is -2.25. The van der Waals surface area contributed by atoms with Gasteiger partial charge >= 0.3 is 0 Å². The number of ketones is 1. The SMILES string of the molecule is O=C1CCN(CCc2ccccc2)C(=O)C1. The lowest BCUT2D eigenvalue weighted by Crippen LogP contribution is -2.40. The average molecular weight is 217 g/mol. The zero-order valence-electron chi connectivity index (χ0n) is 9.19. The van der Waals surface area contributed by atoms with Crippen molar-refractivity contribution in [2.24, 2.45) is 0 Å². The second kappa shape index (κ2) is 4.92. The lowest BCUT2D eigenvalue weighted by atomic mass is 10.1. The molecule has 1 aliphatic heterocycles. The van der Waals surface area contributed by atoms with Crippen LogP contribution in [0.5, 0.6) is 0 Å². The van der Waals surface area contributed by atoms with Gasteiger partial charge in [0.15, 0.2) is 0 Å². The van der Waals surface area contributed by atoms with Gasteiger partial charge in [0.2, 0.25) is 5.91 Å². The zero-order valence-corrected chi connectivity index (χ0v) is 9.19. The van der Waals surface area contributed by atoms with Gasteiger partial charge in [-0.3, -0.25) is 9.59 Å². The van der Waals surface area contributed by atoms with E-state index in [-0.39, 0.29) is 18.1 Å². The van der Waals surface area contributed by atoms with Gasteiger partial charge in [0.05, 0.1) is 6.42 Å². The van der Waals surface area contributed by atoms with Crippen LogP contribution in [0.25, 0.3) is 0 Å². The van der Waals surface area contributed by atoms with Crippen molar-refractivity contribution in [3.63, 3.8) is 0 Å². The van der Waals surface area contributed by atoms with Crippen molar-refractivity contribution in [3.8, 4) is 0 Å². The second-order valence-corrected chi connectivity index (χ2v) is 4.08. The van der Waals surface area contributed by atoms with E-state index in [9.17, 15) is 9.59 Å². The average Bonchev–Trinajstić information content (AvgIpc) is 2.29. The summed E-state index contributed by atoms with van der Waals surface area (Å²) in [6, 6.07) is 10.1. The van der Waals surface area contributed by atoms with Crippen LogP contribution < -0.4 is 0 Å². The molecule has 16 heavy (non-hydrogen) atoms. The van der Waals surface area contributed by atoms with Crippen molar-refractivity contribution >= 4 is 11.7 Å². The Morgan fingerprint density at radius 1 is 1.12 bits per heavy atom. The predicted octanol–water partition coefficient (Wildman–Crippen LogP) is 1.42. The van der Waals surface area contributed by atoms with Gasteiger partial charge < -0.3 is 4.90 Å². The number of hydrogen-bond acceptors (Lipinski definition) is 2. The van der Waals surface area contributed by atoms with Gasteiger partial charge in [-0.25, -0.2) is 0 Å². The molecule has 1 aromatic rings. The number of Topliss-reactive ketones (excluding diaryl/α,β-unsaturated/α-hetero) is 1. The molecule has 0 saturated carbocycles. The van der Waals surface area contributed by atoms with E-state index in [0.717, 1.165) is 13.0 Å². The summed E-state index contributed by atoms with van der Waals surface area (Å²) in [4.78, 5) is 24.4. The molecule has 1 fully saturated rings. The smallest absolute Gasteiger partial charge is 0.230 e. The summed E-state index contributed by atoms with van der Waals surface area (Å²) in [5, 5.41) is 0. The molecule has 0 atom stereocenters. The molecule has 84 valence electrons. The molecule has 1 heterocycles. The van der Waals surface area contributed by atoms with Crippen molar-refractivity contribution in [1.82, 2.24) is 4.90 Å². The van der Waals surface area contributed by atoms with Crippen LogP contribution in [0, 0.1) is 0 Å². The third-order valence-electron chi connectivity index (χ3n) is 2.87. The van der Waals surface area contributed by atoms with Crippen LogP contribution in [-0.4, -0.2) is 29.7 Å². The molecule has 0 aromatic heterocycles. The maximum atomic E-state index is 11.5. The molecule has 0 N–H and O–H groups in total. The molecule has 0 aliphatic carbocycles. The van der Waals surface area contributed by atoms with Crippen molar-refractivity contribution in [1.29, 1.82) is 0 Å². The fourth-order valence-corrected chi connectivity index (χ4v) is 1.90. The number of nitrogens with zero attached hydrogens (tertiary/aromatic N) is 1. The summed E-state index contributed by atoms with van der Waals surface area (Å²) >= 11 is 0. The summed E-state index contributed by atoms with van der Waals surface area (Å²) < 4.78 is 0. The van der Waals surface area contributed by atoms with E-state index < -0.39 is 0 Å². The standard InChI is InChI=1S/C13H15NO2/c15-12-7-9-14(13(16)10-12)8-6-11-4-2-1-3-5-11/h1-5H,6-10H2. The Kier molecular flexibility index (Phi) is 3.34. The van der Waals surface area contributed by atoms with Crippen LogP contribution in [-0.2, 0) is 16.0 Å². The number of piperidine rings is 1. The topological polar surface area (TPSA) is 37.4 Å². The summed E-state index contributed by atoms with van der Waals surface area (Å²) in [6.45, 7) is 1.31. The van der Waals surface area contributed by atoms with Crippen LogP contribution >= 0.6 is 0 Å². The fourth-order valence-electron chi connectivity index (χ4n) is 1.90. The van der Waals surface area contributed by atoms with Gasteiger partial charge in [0, 0.05) is 19.5 Å². The molecule has 1 saturated heterocycles. The highest BCUT2D eigenvalue weighted by molar-refractivity contribution is 6.00. The molecule has 1 aliphatic rings. The van der Waals surface area contributed by atoms with E-state index in [1.807, 2.05) is 18.2 Å². The first-order valence-corrected chi connectivity index (χ1v) is 5.59. The Bertz CT molecular complexity index is 386. The summed E-state index contributed by atoms with van der Waals surface area (Å²) in [6.07, 6.45) is 1.47. The van der Waals surface area contributed by atoms with Gasteiger partial charge in [-0.15, -0.1) is 0 Å². The fraction of sp³-hybridized carbons (Fsp3) is 0.385. The third kappa shape index (κ3) is 2.69. The Morgan fingerprint density at radius 2 is 1.88 bits per heavy atom. The number of carbonyl (C=O) groups excluding carboxylic acids is 2. The molecule has 3 nitrogen and oxygen atoms in total. The number of benzene rings is 1. The number of amides is 1. The number of carbonyl (C=O) groups is 2. The molecule has 0 radical (unpaired) electrons. The first-order valence-electron chi connectivity index (χ1n) is 5.59. The van der Waals surface area contributed by atoms with E-state index in [4.69, 9.17) is 0 Å². The number of rotatable bonds is 3. The van der Waals surface area contributed by atoms with Crippen molar-refractivity contribution < 1.29 is 9.59 Å². The highest BCUT2D eigenvalue weighted by Crippen LogP contribution is 2.09. The maximum absolute atomic E-state index is 11.5. The first-order chi connectivity index (χ1) is 7.75. The normalized spacial score (nSPS) is 16.6. The monoisotopic (exact) mass is 217 g/mol. The van der Waals surface area contributed by atoms with Crippen LogP contribution in [0.3, 0.4) is 0 Å². The minimum atomic E-state index is -0.0211. The van der Waals surface area contributed by atoms with E-state index >= 15 is 0 Å². The first kappa shape index (κ1) is 10.9. The van der Waals surface area contributed by atoms with E-state index in [1.54, 1.807) is 4.90 Å². The Balaban J connectivity index is 1.87. The Hall–Kier alpha value is -1.64. The van der Waals surface area contributed by atoms with E-state index in [2.05, 4.69) is 12.1 Å². The van der Waals surface area contributed by atoms with Crippen molar-refractivity contribution in [2.75, 3.05) is 13.1 Å². The molecule has 1 aromatic carbocycles. The highest BCUT2D eigenvalue weighted by atomic mass is 16.2. The number of likely N-dealkylation sites (tertiary alicyclic amines) is 1. The van der Waals surface area contributed by atoms with Crippen molar-refractivity contribution in [2.45, 2.75) is 19.3 Å². The third-order valence-corrected chi connectivity index (χ3v) is 2.87. The van der Waals surface area contributed by atoms with Gasteiger partial charge in [0.1, 0.15) is 5.78 Å². The minimum Gasteiger partial charge on any atom is -0.342 e. The zero-order chi connectivity index (χ0) is 11.4. The van der Waals surface area contributed by atoms with Gasteiger partial charge in [-0.05, 0) is 12.0 Å². The summed E-state index contributed by atoms with van der Waals surface area (Å²) in [5.74, 6) is 0.0492. The summed E-state index contributed by atoms with van der Waals surface area (Å²) in [7, 11) is 0. The predicted molar refractivity (Wildman–Crippen MR) is 61.0 cm³/mol. The van der Waals surface area contributed by atoms with E-state index in [1.165, 1.54) is 5.56 Å². The molecular weight excluding hydrogens is 202 g/mol. The van der Waals surface area contributed by atoms with Gasteiger partial charge in [-0.1, -0.05) is 30.3 Å². The second-order valence-electron chi connectivity index (χ2n) is 4.08. The molecule has 3 heteroatoms. The van der Waals surface area contributed by atoms with Gasteiger partial charge in [-0.2, -0.15) is 0 Å². The quantitative estimate of drug-likeness (QED) is 0.718. The molecule has 1 amide bonds. The summed E-state index contributed by atoms with van der Waals surface area (Å²) in [5.41, 5.74) is 1.23. The Morgan fingerprint density at radius 3 is 2.56 bits per heavy atom. The largest absolute Gasteiger partial charge is 0.342 e. The highest BCUT2D eigenvalue weighted by Gasteiger charge is 2.22. The van der Waals surface area contributed by atoms with Crippen molar-refractivity contribution in [3.05, 3.63) is 35.9 Å². The maximum Gasteiger partial charge on any atom is 0.230 e. The molecule has 0 unspecified atom stereocenters. The minimum absolute atomic E-state index is 0.0211. The molecule has 2 rings (SSSR count). The van der Waals surface area contributed by atoms with Gasteiger partial charge in [0.25, 0.3) is 0 Å². The molecule has 0 spiro atoms. The van der Waals surface area contributed by atoms with Crippen LogP contribution in [0.4, 0.5) is 0 Å².